The molecule has 0 unspecified atom stereocenters. The molecule has 1 aliphatic carbocycles. The molecule has 214 valence electrons. The largest absolute Gasteiger partial charge is 0.471 e. The highest BCUT2D eigenvalue weighted by molar-refractivity contribution is 5.91. The van der Waals surface area contributed by atoms with Crippen molar-refractivity contribution in [3.63, 3.8) is 0 Å². The van der Waals surface area contributed by atoms with Crippen LogP contribution in [0, 0.1) is 5.92 Å². The number of esters is 2. The molecule has 0 amide bonds. The zero-order valence-corrected chi connectivity index (χ0v) is 21.2. The van der Waals surface area contributed by atoms with Crippen LogP contribution in [0.25, 0.3) is 6.08 Å². The topological polar surface area (TPSA) is 202 Å². The summed E-state index contributed by atoms with van der Waals surface area (Å²) in [6.45, 7) is 0.532. The van der Waals surface area contributed by atoms with Gasteiger partial charge in [-0.1, -0.05) is 30.3 Å². The average Bonchev–Trinajstić information content (AvgIpc) is 3.12. The van der Waals surface area contributed by atoms with Gasteiger partial charge in [0.1, 0.15) is 47.3 Å². The second-order valence-electron chi connectivity index (χ2n) is 9.86. The van der Waals surface area contributed by atoms with Crippen LogP contribution in [0.15, 0.2) is 48.2 Å². The van der Waals surface area contributed by atoms with Crippen molar-refractivity contribution in [2.45, 2.75) is 67.6 Å². The first kappa shape index (κ1) is 29.1. The predicted octanol–water partition coefficient (Wildman–Crippen LogP) is -1.66. The van der Waals surface area contributed by atoms with E-state index in [2.05, 4.69) is 0 Å². The molecular weight excluding hydrogens is 520 g/mol. The third-order valence-corrected chi connectivity index (χ3v) is 7.34. The molecule has 2 heterocycles. The number of methoxy groups -OCH3 is 1. The van der Waals surface area contributed by atoms with Crippen LogP contribution in [0.2, 0.25) is 0 Å². The third-order valence-electron chi connectivity index (χ3n) is 7.34. The van der Waals surface area contributed by atoms with E-state index in [0.29, 0.717) is 0 Å². The van der Waals surface area contributed by atoms with Gasteiger partial charge in [-0.3, -0.25) is 0 Å². The van der Waals surface area contributed by atoms with Gasteiger partial charge in [-0.15, -0.1) is 0 Å². The second kappa shape index (κ2) is 11.3. The molecule has 0 spiro atoms. The molecule has 10 atom stereocenters. The smallest absolute Gasteiger partial charge is 0.339 e. The van der Waals surface area contributed by atoms with Crippen molar-refractivity contribution in [1.82, 2.24) is 0 Å². The predicted molar refractivity (Wildman–Crippen MR) is 129 cm³/mol. The molecule has 1 aromatic carbocycles. The summed E-state index contributed by atoms with van der Waals surface area (Å²) in [5, 5.41) is 63.3. The number of benzene rings is 1. The second-order valence-corrected chi connectivity index (χ2v) is 9.86. The molecule has 0 aromatic heterocycles. The van der Waals surface area contributed by atoms with E-state index in [0.717, 1.165) is 25.0 Å². The van der Waals surface area contributed by atoms with Crippen LogP contribution in [0.1, 0.15) is 18.9 Å². The van der Waals surface area contributed by atoms with Gasteiger partial charge in [0.25, 0.3) is 0 Å². The Balaban J connectivity index is 1.61. The van der Waals surface area contributed by atoms with Gasteiger partial charge >= 0.3 is 11.9 Å². The number of aliphatic hydroxyl groups is 6. The number of carbonyl (C=O) groups excluding carboxylic acids is 2. The van der Waals surface area contributed by atoms with Gasteiger partial charge in [-0.05, 0) is 18.6 Å². The Labute approximate surface area is 223 Å². The number of hydrogen-bond acceptors (Lipinski definition) is 13. The molecule has 1 aromatic rings. The molecule has 6 N–H and O–H groups in total. The van der Waals surface area contributed by atoms with Crippen LogP contribution >= 0.6 is 0 Å². The molecule has 2 aliphatic heterocycles. The Morgan fingerprint density at radius 2 is 1.77 bits per heavy atom. The summed E-state index contributed by atoms with van der Waals surface area (Å²) < 4.78 is 26.8. The maximum atomic E-state index is 12.6. The van der Waals surface area contributed by atoms with Gasteiger partial charge in [0.15, 0.2) is 6.29 Å². The van der Waals surface area contributed by atoms with E-state index in [9.17, 15) is 40.2 Å². The average molecular weight is 553 g/mol. The first-order valence-electron chi connectivity index (χ1n) is 12.2. The van der Waals surface area contributed by atoms with Crippen LogP contribution in [-0.2, 0) is 33.3 Å². The number of fused-ring (bicyclic) bond motifs is 1. The summed E-state index contributed by atoms with van der Waals surface area (Å²) >= 11 is 0. The van der Waals surface area contributed by atoms with Gasteiger partial charge in [-0.2, -0.15) is 0 Å². The number of aliphatic hydroxyl groups excluding tert-OH is 4. The van der Waals surface area contributed by atoms with E-state index in [-0.39, 0.29) is 5.57 Å². The number of carbonyl (C=O) groups is 2. The quantitative estimate of drug-likeness (QED) is 0.166. The maximum Gasteiger partial charge on any atom is 0.339 e. The van der Waals surface area contributed by atoms with Crippen molar-refractivity contribution in [2.24, 2.45) is 5.92 Å². The maximum absolute atomic E-state index is 12.6. The van der Waals surface area contributed by atoms with E-state index in [4.69, 9.17) is 23.7 Å². The summed E-state index contributed by atoms with van der Waals surface area (Å²) in [5.74, 6) is -3.31. The lowest BCUT2D eigenvalue weighted by Gasteiger charge is -2.46. The monoisotopic (exact) mass is 552 g/mol. The van der Waals surface area contributed by atoms with Crippen molar-refractivity contribution in [3.05, 3.63) is 53.8 Å². The van der Waals surface area contributed by atoms with Gasteiger partial charge < -0.3 is 54.3 Å². The van der Waals surface area contributed by atoms with Crippen molar-refractivity contribution in [2.75, 3.05) is 13.7 Å². The summed E-state index contributed by atoms with van der Waals surface area (Å²) in [5.41, 5.74) is -3.92. The Kier molecular flexibility index (Phi) is 8.44. The highest BCUT2D eigenvalue weighted by atomic mass is 16.8. The Bertz CT molecular complexity index is 1100. The lowest BCUT2D eigenvalue weighted by molar-refractivity contribution is -0.352. The summed E-state index contributed by atoms with van der Waals surface area (Å²) in [6.07, 6.45) is -8.13. The molecular formula is C26H32O13. The minimum Gasteiger partial charge on any atom is -0.471 e. The van der Waals surface area contributed by atoms with E-state index >= 15 is 0 Å². The van der Waals surface area contributed by atoms with Crippen LogP contribution < -0.4 is 0 Å². The summed E-state index contributed by atoms with van der Waals surface area (Å²) in [6, 6.07) is 8.90. The van der Waals surface area contributed by atoms with E-state index in [1.54, 1.807) is 24.3 Å². The van der Waals surface area contributed by atoms with Crippen LogP contribution in [0.3, 0.4) is 0 Å². The van der Waals surface area contributed by atoms with E-state index in [1.807, 2.05) is 6.07 Å². The van der Waals surface area contributed by atoms with Crippen molar-refractivity contribution in [3.8, 4) is 0 Å². The first-order chi connectivity index (χ1) is 18.4. The van der Waals surface area contributed by atoms with Crippen molar-refractivity contribution >= 4 is 18.0 Å². The molecule has 39 heavy (non-hydrogen) atoms. The molecule has 4 rings (SSSR count). The van der Waals surface area contributed by atoms with Crippen LogP contribution in [0.4, 0.5) is 0 Å². The fourth-order valence-corrected chi connectivity index (χ4v) is 5.22. The highest BCUT2D eigenvalue weighted by Crippen LogP contribution is 2.53. The molecule has 2 fully saturated rings. The Hall–Kier alpha value is -2.88. The fourth-order valence-electron chi connectivity index (χ4n) is 5.22. The lowest BCUT2D eigenvalue weighted by Crippen LogP contribution is -2.62. The Morgan fingerprint density at radius 1 is 1.08 bits per heavy atom. The third kappa shape index (κ3) is 5.44. The number of ether oxygens (including phenoxy) is 5. The first-order valence-corrected chi connectivity index (χ1v) is 12.2. The van der Waals surface area contributed by atoms with Gasteiger partial charge in [-0.25, -0.2) is 9.59 Å². The van der Waals surface area contributed by atoms with Crippen LogP contribution in [-0.4, -0.2) is 111 Å². The van der Waals surface area contributed by atoms with Crippen LogP contribution in [0.5, 0.6) is 0 Å². The zero-order chi connectivity index (χ0) is 28.5. The SMILES string of the molecule is COC(=O)C1=CO[C@@H](O[C@H]2O[C@@H](CO)[C@H](O)[C@@H](O)[C@@H]2O)[C@@H]2[C@@](C)(O)[C@@H](OC(=O)/C=C/c3ccccc3)C[C@]12O. The van der Waals surface area contributed by atoms with Crippen molar-refractivity contribution < 1.29 is 63.9 Å². The minimum absolute atomic E-state index is 0.373. The zero-order valence-electron chi connectivity index (χ0n) is 21.2. The van der Waals surface area contributed by atoms with Gasteiger partial charge in [0.2, 0.25) is 6.29 Å². The minimum atomic E-state index is -2.19. The van der Waals surface area contributed by atoms with Crippen molar-refractivity contribution in [1.29, 1.82) is 0 Å². The van der Waals surface area contributed by atoms with E-state index in [1.165, 1.54) is 13.0 Å². The fraction of sp³-hybridized carbons (Fsp3) is 0.538. The number of rotatable bonds is 7. The molecule has 13 heteroatoms. The van der Waals surface area contributed by atoms with Gasteiger partial charge in [0.05, 0.1) is 25.9 Å². The highest BCUT2D eigenvalue weighted by Gasteiger charge is 2.69. The normalized spacial score (nSPS) is 39.9. The standard InChI is InChI=1S/C26H32O13/c1-25(33)16(38-17(28)9-8-13-6-4-3-5-7-13)10-26(34)14(22(32)35-2)12-36-24(21(25)26)39-23-20(31)19(30)18(29)15(11-27)37-23/h3-9,12,15-16,18-21,23-24,27,29-31,33-34H,10-11H2,1-2H3/b9-8+/t15-,16-,18-,19+,20-,21+,23+,24-,25-,26-/m0/s1. The molecule has 3 aliphatic rings. The van der Waals surface area contributed by atoms with Gasteiger partial charge in [0, 0.05) is 12.5 Å². The molecule has 1 saturated heterocycles. The molecule has 13 nitrogen and oxygen atoms in total. The summed E-state index contributed by atoms with van der Waals surface area (Å²) in [4.78, 5) is 25.1. The lowest BCUT2D eigenvalue weighted by atomic mass is 9.77. The van der Waals surface area contributed by atoms with E-state index < -0.39 is 85.2 Å². The molecule has 0 bridgehead atoms. The molecule has 0 radical (unpaired) electrons. The molecule has 1 saturated carbocycles. The number of hydrogen-bond donors (Lipinski definition) is 6. The summed E-state index contributed by atoms with van der Waals surface area (Å²) in [7, 11) is 1.08. The Morgan fingerprint density at radius 3 is 2.41 bits per heavy atom.